The van der Waals surface area contributed by atoms with Crippen LogP contribution in [-0.2, 0) is 0 Å². The Kier molecular flexibility index (Phi) is 3.17. The molecule has 0 saturated carbocycles. The molecule has 96 valence electrons. The van der Waals surface area contributed by atoms with Crippen molar-refractivity contribution in [1.29, 1.82) is 0 Å². The normalized spacial score (nSPS) is 11.1. The third kappa shape index (κ3) is 2.31. The number of hydrogen-bond donors (Lipinski definition) is 1. The van der Waals surface area contributed by atoms with E-state index in [9.17, 15) is 0 Å². The van der Waals surface area contributed by atoms with Crippen LogP contribution >= 0.6 is 23.4 Å². The smallest absolute Gasteiger partial charge is 0.0873 e. The van der Waals surface area contributed by atoms with E-state index in [-0.39, 0.29) is 0 Å². The van der Waals surface area contributed by atoms with Crippen LogP contribution in [0.1, 0.15) is 5.56 Å². The molecule has 3 rings (SSSR count). The first kappa shape index (κ1) is 12.5. The van der Waals surface area contributed by atoms with Crippen molar-refractivity contribution < 1.29 is 0 Å². The Morgan fingerprint density at radius 1 is 1.16 bits per heavy atom. The predicted octanol–water partition coefficient (Wildman–Crippen LogP) is 4.63. The molecule has 0 saturated heterocycles. The fraction of sp³-hybridized carbons (Fsp3) is 0.0667. The van der Waals surface area contributed by atoms with E-state index < -0.39 is 0 Å². The Morgan fingerprint density at radius 2 is 2.00 bits per heavy atom. The van der Waals surface area contributed by atoms with Crippen LogP contribution in [0.2, 0.25) is 5.02 Å². The summed E-state index contributed by atoms with van der Waals surface area (Å²) >= 11 is 7.60. The summed E-state index contributed by atoms with van der Waals surface area (Å²) in [6.07, 6.45) is 2.07. The molecule has 0 amide bonds. The number of nitrogens with two attached hydrogens (primary N) is 1. The van der Waals surface area contributed by atoms with E-state index in [0.717, 1.165) is 4.90 Å². The standard InChI is InChI=1S/C15H13ClN2S/c1-10-8-12-4-2-3-7-18(12)15(10)19-14-6-5-11(16)9-13(14)17/h2-9H,17H2,1H3. The summed E-state index contributed by atoms with van der Waals surface area (Å²) in [5.74, 6) is 0. The molecule has 0 bridgehead atoms. The van der Waals surface area contributed by atoms with E-state index in [1.165, 1.54) is 16.1 Å². The molecule has 0 aliphatic heterocycles. The number of rotatable bonds is 2. The molecular weight excluding hydrogens is 276 g/mol. The van der Waals surface area contributed by atoms with E-state index in [1.54, 1.807) is 17.8 Å². The third-order valence-electron chi connectivity index (χ3n) is 2.99. The predicted molar refractivity (Wildman–Crippen MR) is 82.1 cm³/mol. The van der Waals surface area contributed by atoms with Gasteiger partial charge in [0.05, 0.1) is 5.03 Å². The van der Waals surface area contributed by atoms with Crippen LogP contribution in [0.25, 0.3) is 5.52 Å². The first-order valence-corrected chi connectivity index (χ1v) is 7.14. The van der Waals surface area contributed by atoms with E-state index >= 15 is 0 Å². The van der Waals surface area contributed by atoms with Crippen molar-refractivity contribution in [3.05, 3.63) is 59.2 Å². The zero-order valence-electron chi connectivity index (χ0n) is 10.4. The molecule has 4 heteroatoms. The summed E-state index contributed by atoms with van der Waals surface area (Å²) in [5.41, 5.74) is 9.16. The molecule has 2 N–H and O–H groups in total. The molecule has 0 aliphatic carbocycles. The molecule has 2 aromatic heterocycles. The lowest BCUT2D eigenvalue weighted by atomic mass is 10.3. The van der Waals surface area contributed by atoms with Gasteiger partial charge < -0.3 is 10.1 Å². The van der Waals surface area contributed by atoms with Crippen LogP contribution in [0.5, 0.6) is 0 Å². The second-order valence-corrected chi connectivity index (χ2v) is 5.88. The maximum Gasteiger partial charge on any atom is 0.0873 e. The highest BCUT2D eigenvalue weighted by atomic mass is 35.5. The largest absolute Gasteiger partial charge is 0.398 e. The summed E-state index contributed by atoms with van der Waals surface area (Å²) in [6.45, 7) is 2.11. The van der Waals surface area contributed by atoms with Gasteiger partial charge in [-0.3, -0.25) is 0 Å². The van der Waals surface area contributed by atoms with Crippen molar-refractivity contribution in [2.24, 2.45) is 0 Å². The van der Waals surface area contributed by atoms with E-state index in [4.69, 9.17) is 17.3 Å². The Morgan fingerprint density at radius 3 is 2.79 bits per heavy atom. The Balaban J connectivity index is 2.08. The van der Waals surface area contributed by atoms with Gasteiger partial charge in [0.1, 0.15) is 0 Å². The number of aromatic nitrogens is 1. The molecule has 2 heterocycles. The van der Waals surface area contributed by atoms with Crippen molar-refractivity contribution >= 4 is 34.6 Å². The molecule has 0 spiro atoms. The molecule has 0 aliphatic rings. The summed E-state index contributed by atoms with van der Waals surface area (Å²) in [5, 5.41) is 1.85. The number of anilines is 1. The number of aryl methyl sites for hydroxylation is 1. The van der Waals surface area contributed by atoms with Crippen LogP contribution in [0.3, 0.4) is 0 Å². The van der Waals surface area contributed by atoms with E-state index in [0.29, 0.717) is 10.7 Å². The molecule has 1 aromatic carbocycles. The van der Waals surface area contributed by atoms with Gasteiger partial charge in [-0.05, 0) is 48.9 Å². The van der Waals surface area contributed by atoms with Gasteiger partial charge in [-0.25, -0.2) is 0 Å². The van der Waals surface area contributed by atoms with E-state index in [2.05, 4.69) is 29.7 Å². The number of benzene rings is 1. The highest BCUT2D eigenvalue weighted by Crippen LogP contribution is 2.36. The van der Waals surface area contributed by atoms with Gasteiger partial charge in [0, 0.05) is 27.3 Å². The fourth-order valence-electron chi connectivity index (χ4n) is 2.08. The quantitative estimate of drug-likeness (QED) is 0.697. The molecule has 0 fully saturated rings. The molecule has 0 atom stereocenters. The van der Waals surface area contributed by atoms with Crippen molar-refractivity contribution in [3.8, 4) is 0 Å². The van der Waals surface area contributed by atoms with Gasteiger partial charge in [0.15, 0.2) is 0 Å². The average Bonchev–Trinajstić information content (AvgIpc) is 2.69. The number of fused-ring (bicyclic) bond motifs is 1. The highest BCUT2D eigenvalue weighted by Gasteiger charge is 2.10. The topological polar surface area (TPSA) is 30.4 Å². The second-order valence-electron chi connectivity index (χ2n) is 4.41. The number of hydrogen-bond acceptors (Lipinski definition) is 2. The van der Waals surface area contributed by atoms with Crippen molar-refractivity contribution in [2.45, 2.75) is 16.8 Å². The number of nitrogen functional groups attached to an aromatic ring is 1. The summed E-state index contributed by atoms with van der Waals surface area (Å²) in [6, 6.07) is 14.0. The summed E-state index contributed by atoms with van der Waals surface area (Å²) < 4.78 is 2.17. The van der Waals surface area contributed by atoms with Gasteiger partial charge in [-0.15, -0.1) is 0 Å². The van der Waals surface area contributed by atoms with Crippen LogP contribution in [0.15, 0.2) is 58.6 Å². The lowest BCUT2D eigenvalue weighted by Gasteiger charge is -2.07. The highest BCUT2D eigenvalue weighted by molar-refractivity contribution is 7.99. The van der Waals surface area contributed by atoms with Crippen molar-refractivity contribution in [3.63, 3.8) is 0 Å². The number of nitrogens with zero attached hydrogens (tertiary/aromatic N) is 1. The second kappa shape index (κ2) is 4.83. The van der Waals surface area contributed by atoms with Gasteiger partial charge in [0.25, 0.3) is 0 Å². The Hall–Kier alpha value is -1.58. The van der Waals surface area contributed by atoms with Gasteiger partial charge in [-0.2, -0.15) is 0 Å². The molecular formula is C15H13ClN2S. The van der Waals surface area contributed by atoms with Crippen LogP contribution < -0.4 is 5.73 Å². The van der Waals surface area contributed by atoms with Gasteiger partial charge in [0.2, 0.25) is 0 Å². The lowest BCUT2D eigenvalue weighted by Crippen LogP contribution is -1.90. The minimum absolute atomic E-state index is 0.665. The Bertz CT molecular complexity index is 749. The zero-order chi connectivity index (χ0) is 13.4. The molecule has 3 aromatic rings. The average molecular weight is 289 g/mol. The maximum atomic E-state index is 6.02. The minimum Gasteiger partial charge on any atom is -0.398 e. The molecule has 2 nitrogen and oxygen atoms in total. The minimum atomic E-state index is 0.665. The van der Waals surface area contributed by atoms with Crippen LogP contribution in [0, 0.1) is 6.92 Å². The zero-order valence-corrected chi connectivity index (χ0v) is 12.0. The van der Waals surface area contributed by atoms with E-state index in [1.807, 2.05) is 24.3 Å². The van der Waals surface area contributed by atoms with Gasteiger partial charge in [-0.1, -0.05) is 29.4 Å². The monoisotopic (exact) mass is 288 g/mol. The first-order chi connectivity index (χ1) is 9.15. The van der Waals surface area contributed by atoms with Gasteiger partial charge >= 0.3 is 0 Å². The Labute approximate surface area is 121 Å². The van der Waals surface area contributed by atoms with Crippen molar-refractivity contribution in [1.82, 2.24) is 4.40 Å². The molecule has 0 unspecified atom stereocenters. The third-order valence-corrected chi connectivity index (χ3v) is 4.53. The lowest BCUT2D eigenvalue weighted by molar-refractivity contribution is 1.03. The number of pyridine rings is 1. The van der Waals surface area contributed by atoms with Crippen LogP contribution in [0.4, 0.5) is 5.69 Å². The summed E-state index contributed by atoms with van der Waals surface area (Å²) in [4.78, 5) is 1.02. The molecule has 0 radical (unpaired) electrons. The number of halogens is 1. The maximum absolute atomic E-state index is 6.02. The van der Waals surface area contributed by atoms with Crippen molar-refractivity contribution in [2.75, 3.05) is 5.73 Å². The fourth-order valence-corrected chi connectivity index (χ4v) is 3.26. The SMILES string of the molecule is Cc1cc2ccccn2c1Sc1ccc(Cl)cc1N. The first-order valence-electron chi connectivity index (χ1n) is 5.95. The molecule has 19 heavy (non-hydrogen) atoms. The van der Waals surface area contributed by atoms with Crippen LogP contribution in [-0.4, -0.2) is 4.40 Å². The summed E-state index contributed by atoms with van der Waals surface area (Å²) in [7, 11) is 0.